The number of hydrogen-bond donors (Lipinski definition) is 0. The lowest BCUT2D eigenvalue weighted by Crippen LogP contribution is -2.31. The van der Waals surface area contributed by atoms with Crippen LogP contribution in [0.25, 0.3) is 0 Å². The van der Waals surface area contributed by atoms with Crippen LogP contribution >= 0.6 is 58.0 Å². The zero-order valence-electron chi connectivity index (χ0n) is 12.7. The maximum atomic E-state index is 12.6. The zero-order valence-corrected chi connectivity index (χ0v) is 16.5. The molecule has 0 N–H and O–H groups in total. The Morgan fingerprint density at radius 3 is 2.31 bits per heavy atom. The maximum absolute atomic E-state index is 12.6. The highest BCUT2D eigenvalue weighted by Gasteiger charge is 2.51. The number of alkyl halides is 5. The van der Waals surface area contributed by atoms with E-state index in [2.05, 4.69) is 20.6 Å². The second-order valence-electron chi connectivity index (χ2n) is 5.16. The second-order valence-corrected chi connectivity index (χ2v) is 8.77. The van der Waals surface area contributed by atoms with Crippen molar-refractivity contribution in [1.29, 1.82) is 0 Å². The lowest BCUT2D eigenvalue weighted by molar-refractivity contribution is 0.236. The summed E-state index contributed by atoms with van der Waals surface area (Å²) < 4.78 is -2.18. The van der Waals surface area contributed by atoms with Gasteiger partial charge in [0.15, 0.2) is 0 Å². The van der Waals surface area contributed by atoms with Gasteiger partial charge in [0.1, 0.15) is 5.69 Å². The van der Waals surface area contributed by atoms with Gasteiger partial charge in [-0.3, -0.25) is 0 Å². The van der Waals surface area contributed by atoms with Crippen LogP contribution < -0.4 is 0 Å². The molecule has 0 saturated carbocycles. The minimum absolute atomic E-state index is 0.0434. The highest BCUT2D eigenvalue weighted by Crippen LogP contribution is 2.53. The van der Waals surface area contributed by atoms with E-state index in [1.165, 1.54) is 12.4 Å². The number of halogens is 5. The normalized spacial score (nSPS) is 12.3. The fourth-order valence-corrected chi connectivity index (χ4v) is 2.75. The molecule has 0 amide bonds. The van der Waals surface area contributed by atoms with Crippen molar-refractivity contribution >= 4 is 64.0 Å². The van der Waals surface area contributed by atoms with Crippen LogP contribution in [0, 0.1) is 0 Å². The molecule has 7 nitrogen and oxygen atoms in total. The van der Waals surface area contributed by atoms with E-state index in [9.17, 15) is 4.79 Å². The van der Waals surface area contributed by atoms with Crippen LogP contribution in [0.1, 0.15) is 17.0 Å². The van der Waals surface area contributed by atoms with Crippen molar-refractivity contribution in [2.24, 2.45) is 0 Å². The highest BCUT2D eigenvalue weighted by molar-refractivity contribution is 6.75. The van der Waals surface area contributed by atoms with Crippen molar-refractivity contribution in [3.8, 4) is 0 Å². The van der Waals surface area contributed by atoms with Crippen LogP contribution in [0.5, 0.6) is 0 Å². The van der Waals surface area contributed by atoms with Crippen molar-refractivity contribution < 1.29 is 4.79 Å². The van der Waals surface area contributed by atoms with Crippen LogP contribution in [0.4, 0.5) is 4.79 Å². The SMILES string of the molecule is O=C(n1ccnn1)n1nnc(C(Cl)(Cl)C(Cl)(Cl)Cl)c1Cc1ccccc1. The van der Waals surface area contributed by atoms with Crippen LogP contribution in [-0.4, -0.2) is 39.8 Å². The topological polar surface area (TPSA) is 78.5 Å². The summed E-state index contributed by atoms with van der Waals surface area (Å²) in [6.45, 7) is 0. The van der Waals surface area contributed by atoms with Gasteiger partial charge < -0.3 is 0 Å². The number of carbonyl (C=O) groups excluding carboxylic acids is 1. The summed E-state index contributed by atoms with van der Waals surface area (Å²) in [5, 5.41) is 15.0. The third-order valence-corrected chi connectivity index (χ3v) is 5.79. The number of hydrogen-bond acceptors (Lipinski definition) is 5. The molecule has 0 atom stereocenters. The quantitative estimate of drug-likeness (QED) is 0.560. The number of carbonyl (C=O) groups is 1. The van der Waals surface area contributed by atoms with E-state index in [0.29, 0.717) is 0 Å². The van der Waals surface area contributed by atoms with Gasteiger partial charge in [0.05, 0.1) is 18.1 Å². The molecule has 0 aliphatic carbocycles. The average Bonchev–Trinajstić information content (AvgIpc) is 3.24. The van der Waals surface area contributed by atoms with Gasteiger partial charge in [0, 0.05) is 6.42 Å². The largest absolute Gasteiger partial charge is 0.372 e. The number of nitrogens with zero attached hydrogens (tertiary/aromatic N) is 6. The third kappa shape index (κ3) is 3.68. The monoisotopic (exact) mass is 452 g/mol. The van der Waals surface area contributed by atoms with Crippen molar-refractivity contribution in [2.75, 3.05) is 0 Å². The second kappa shape index (κ2) is 7.32. The molecule has 0 saturated heterocycles. The van der Waals surface area contributed by atoms with E-state index >= 15 is 0 Å². The molecule has 1 aromatic carbocycles. The number of aromatic nitrogens is 6. The maximum Gasteiger partial charge on any atom is 0.372 e. The molecule has 12 heteroatoms. The smallest absolute Gasteiger partial charge is 0.243 e. The first kappa shape index (κ1) is 19.4. The fraction of sp³-hybridized carbons (Fsp3) is 0.214. The van der Waals surface area contributed by atoms with Crippen molar-refractivity contribution in [3.63, 3.8) is 0 Å². The summed E-state index contributed by atoms with van der Waals surface area (Å²) in [5.41, 5.74) is 1.06. The summed E-state index contributed by atoms with van der Waals surface area (Å²) in [4.78, 5) is 12.6. The Bertz CT molecular complexity index is 904. The van der Waals surface area contributed by atoms with E-state index in [4.69, 9.17) is 58.0 Å². The Kier molecular flexibility index (Phi) is 5.46. The molecule has 0 radical (unpaired) electrons. The first-order chi connectivity index (χ1) is 12.2. The van der Waals surface area contributed by atoms with Crippen LogP contribution in [0.3, 0.4) is 0 Å². The van der Waals surface area contributed by atoms with Gasteiger partial charge in [0.25, 0.3) is 0 Å². The first-order valence-electron chi connectivity index (χ1n) is 7.06. The third-order valence-electron chi connectivity index (χ3n) is 3.43. The standard InChI is InChI=1S/C14H9Cl5N6O/c15-13(16,14(17,18)19)11-10(8-9-4-2-1-3-5-9)25(23-21-11)12(26)24-7-6-20-22-24/h1-7H,8H2. The summed E-state index contributed by atoms with van der Waals surface area (Å²) in [6.07, 6.45) is 2.92. The molecule has 0 spiro atoms. The Morgan fingerprint density at radius 1 is 1.04 bits per heavy atom. The Morgan fingerprint density at radius 2 is 1.73 bits per heavy atom. The van der Waals surface area contributed by atoms with Gasteiger partial charge in [-0.15, -0.1) is 10.2 Å². The molecule has 0 unspecified atom stereocenters. The molecule has 0 fully saturated rings. The van der Waals surface area contributed by atoms with E-state index in [1.807, 2.05) is 30.3 Å². The summed E-state index contributed by atoms with van der Waals surface area (Å²) in [5.74, 6) is 0. The van der Waals surface area contributed by atoms with Crippen molar-refractivity contribution in [1.82, 2.24) is 30.0 Å². The minimum Gasteiger partial charge on any atom is -0.243 e. The Labute approximate surface area is 172 Å². The molecule has 2 heterocycles. The predicted octanol–water partition coefficient (Wildman–Crippen LogP) is 3.98. The lowest BCUT2D eigenvalue weighted by Gasteiger charge is -2.26. The van der Waals surface area contributed by atoms with E-state index in [0.717, 1.165) is 14.9 Å². The van der Waals surface area contributed by atoms with Crippen LogP contribution in [-0.2, 0) is 10.8 Å². The van der Waals surface area contributed by atoms with Crippen molar-refractivity contribution in [2.45, 2.75) is 14.5 Å². The zero-order chi connectivity index (χ0) is 18.9. The molecule has 3 rings (SSSR count). The van der Waals surface area contributed by atoms with Crippen molar-refractivity contribution in [3.05, 3.63) is 59.7 Å². The van der Waals surface area contributed by atoms with Gasteiger partial charge >= 0.3 is 6.03 Å². The Hall–Kier alpha value is -1.38. The fourth-order valence-electron chi connectivity index (χ4n) is 2.19. The van der Waals surface area contributed by atoms with E-state index in [-0.39, 0.29) is 17.8 Å². The first-order valence-corrected chi connectivity index (χ1v) is 8.95. The molecular weight excluding hydrogens is 445 g/mol. The van der Waals surface area contributed by atoms with Gasteiger partial charge in [0.2, 0.25) is 8.13 Å². The molecule has 3 aromatic rings. The van der Waals surface area contributed by atoms with Gasteiger partial charge in [-0.1, -0.05) is 98.8 Å². The molecular formula is C14H9Cl5N6O. The molecule has 0 bridgehead atoms. The summed E-state index contributed by atoms with van der Waals surface area (Å²) >= 11 is 30.2. The average molecular weight is 455 g/mol. The van der Waals surface area contributed by atoms with Crippen LogP contribution in [0.2, 0.25) is 0 Å². The summed E-state index contributed by atoms with van der Waals surface area (Å²) in [7, 11) is 0. The van der Waals surface area contributed by atoms with Gasteiger partial charge in [-0.25, -0.2) is 4.79 Å². The van der Waals surface area contributed by atoms with E-state index < -0.39 is 14.2 Å². The lowest BCUT2D eigenvalue weighted by atomic mass is 10.1. The number of rotatable bonds is 3. The highest BCUT2D eigenvalue weighted by atomic mass is 35.6. The molecule has 0 aliphatic rings. The van der Waals surface area contributed by atoms with Gasteiger partial charge in [-0.2, -0.15) is 9.36 Å². The molecule has 136 valence electrons. The van der Waals surface area contributed by atoms with Gasteiger partial charge in [-0.05, 0) is 5.56 Å². The molecule has 0 aliphatic heterocycles. The summed E-state index contributed by atoms with van der Waals surface area (Å²) in [6, 6.07) is 8.59. The Balaban J connectivity index is 2.12. The predicted molar refractivity (Wildman–Crippen MR) is 99.2 cm³/mol. The molecule has 2 aromatic heterocycles. The molecule has 26 heavy (non-hydrogen) atoms. The van der Waals surface area contributed by atoms with Crippen LogP contribution in [0.15, 0.2) is 42.7 Å². The number of benzene rings is 1. The minimum atomic E-state index is -2.11. The van der Waals surface area contributed by atoms with E-state index in [1.54, 1.807) is 0 Å².